The van der Waals surface area contributed by atoms with Crippen LogP contribution in [-0.2, 0) is 9.59 Å². The van der Waals surface area contributed by atoms with Gasteiger partial charge in [0, 0.05) is 31.7 Å². The van der Waals surface area contributed by atoms with Gasteiger partial charge in [-0.25, -0.2) is 0 Å². The van der Waals surface area contributed by atoms with Crippen LogP contribution in [0.4, 0.5) is 5.69 Å². The van der Waals surface area contributed by atoms with Crippen molar-refractivity contribution in [2.75, 3.05) is 31.5 Å². The van der Waals surface area contributed by atoms with Crippen LogP contribution in [0.2, 0.25) is 0 Å². The number of anilines is 1. The predicted octanol–water partition coefficient (Wildman–Crippen LogP) is 2.42. The number of piperidine rings is 1. The molecule has 166 valence electrons. The Hall–Kier alpha value is -2.81. The van der Waals surface area contributed by atoms with E-state index >= 15 is 0 Å². The number of hydrogen-bond acceptors (Lipinski definition) is 7. The zero-order valence-corrected chi connectivity index (χ0v) is 18.4. The second-order valence-electron chi connectivity index (χ2n) is 9.07. The molecule has 1 spiro atoms. The topological polar surface area (TPSA) is 104 Å². The van der Waals surface area contributed by atoms with Gasteiger partial charge in [0.25, 0.3) is 0 Å². The second-order valence-corrected chi connectivity index (χ2v) is 9.07. The summed E-state index contributed by atoms with van der Waals surface area (Å²) in [4.78, 5) is 37.7. The van der Waals surface area contributed by atoms with E-state index in [2.05, 4.69) is 25.3 Å². The molecule has 2 aromatic heterocycles. The van der Waals surface area contributed by atoms with Gasteiger partial charge >= 0.3 is 0 Å². The third-order valence-corrected chi connectivity index (χ3v) is 6.36. The molecule has 0 aliphatic carbocycles. The second kappa shape index (κ2) is 8.74. The van der Waals surface area contributed by atoms with Crippen LogP contribution in [-0.4, -0.2) is 62.9 Å². The molecule has 4 rings (SSSR count). The highest BCUT2D eigenvalue weighted by Gasteiger charge is 2.48. The maximum absolute atomic E-state index is 12.7. The molecule has 9 nitrogen and oxygen atoms in total. The van der Waals surface area contributed by atoms with Crippen molar-refractivity contribution in [1.82, 2.24) is 24.9 Å². The van der Waals surface area contributed by atoms with E-state index in [1.165, 1.54) is 0 Å². The molecule has 1 unspecified atom stereocenters. The Morgan fingerprint density at radius 3 is 2.71 bits per heavy atom. The number of rotatable bonds is 5. The van der Waals surface area contributed by atoms with Gasteiger partial charge in [0.2, 0.25) is 17.7 Å². The fourth-order valence-electron chi connectivity index (χ4n) is 4.75. The first kappa shape index (κ1) is 21.4. The smallest absolute Gasteiger partial charge is 0.244 e. The molecule has 0 radical (unpaired) electrons. The molecule has 1 N–H and O–H groups in total. The van der Waals surface area contributed by atoms with E-state index in [4.69, 9.17) is 4.52 Å². The number of amides is 2. The van der Waals surface area contributed by atoms with E-state index in [1.54, 1.807) is 25.4 Å². The summed E-state index contributed by atoms with van der Waals surface area (Å²) >= 11 is 0. The van der Waals surface area contributed by atoms with Crippen LogP contribution in [0.3, 0.4) is 0 Å². The third-order valence-electron chi connectivity index (χ3n) is 6.36. The van der Waals surface area contributed by atoms with Gasteiger partial charge in [-0.05, 0) is 43.7 Å². The number of aryl methyl sites for hydroxylation is 1. The van der Waals surface area contributed by atoms with Gasteiger partial charge in [-0.1, -0.05) is 19.0 Å². The van der Waals surface area contributed by atoms with Gasteiger partial charge in [0.15, 0.2) is 5.82 Å². The first-order valence-corrected chi connectivity index (χ1v) is 10.9. The van der Waals surface area contributed by atoms with Crippen LogP contribution in [0, 0.1) is 18.3 Å². The van der Waals surface area contributed by atoms with Gasteiger partial charge in [-0.2, -0.15) is 4.98 Å². The molecule has 2 amide bonds. The van der Waals surface area contributed by atoms with E-state index in [0.29, 0.717) is 17.4 Å². The summed E-state index contributed by atoms with van der Waals surface area (Å²) in [5, 5.41) is 6.87. The summed E-state index contributed by atoms with van der Waals surface area (Å²) in [7, 11) is 0. The fourth-order valence-corrected chi connectivity index (χ4v) is 4.75. The van der Waals surface area contributed by atoms with Gasteiger partial charge in [-0.15, -0.1) is 0 Å². The average molecular weight is 427 g/mol. The monoisotopic (exact) mass is 426 g/mol. The van der Waals surface area contributed by atoms with Crippen LogP contribution in [0.15, 0.2) is 29.0 Å². The van der Waals surface area contributed by atoms with Crippen molar-refractivity contribution in [2.24, 2.45) is 11.3 Å². The number of hydrogen-bond donors (Lipinski definition) is 1. The molecule has 2 aliphatic rings. The predicted molar refractivity (Wildman–Crippen MR) is 114 cm³/mol. The van der Waals surface area contributed by atoms with Crippen molar-refractivity contribution >= 4 is 17.5 Å². The number of likely N-dealkylation sites (tertiary alicyclic amines) is 2. The largest absolute Gasteiger partial charge is 0.342 e. The quantitative estimate of drug-likeness (QED) is 0.783. The minimum Gasteiger partial charge on any atom is -0.342 e. The summed E-state index contributed by atoms with van der Waals surface area (Å²) in [5.74, 6) is 1.28. The van der Waals surface area contributed by atoms with E-state index in [0.717, 1.165) is 38.9 Å². The molecule has 4 heterocycles. The lowest BCUT2D eigenvalue weighted by Gasteiger charge is -2.40. The van der Waals surface area contributed by atoms with Crippen LogP contribution in [0.25, 0.3) is 0 Å². The molecule has 0 bridgehead atoms. The van der Waals surface area contributed by atoms with Crippen molar-refractivity contribution in [3.63, 3.8) is 0 Å². The lowest BCUT2D eigenvalue weighted by Crippen LogP contribution is -2.46. The Morgan fingerprint density at radius 1 is 1.32 bits per heavy atom. The number of carbonyl (C=O) groups is 2. The fraction of sp³-hybridized carbons (Fsp3) is 0.591. The molecule has 1 atom stereocenters. The van der Waals surface area contributed by atoms with Crippen LogP contribution in [0.1, 0.15) is 50.9 Å². The number of pyridine rings is 1. The minimum absolute atomic E-state index is 0.0133. The Kier molecular flexibility index (Phi) is 6.04. The molecule has 31 heavy (non-hydrogen) atoms. The van der Waals surface area contributed by atoms with E-state index in [-0.39, 0.29) is 35.7 Å². The number of carbonyl (C=O) groups excluding carboxylic acids is 2. The highest BCUT2D eigenvalue weighted by molar-refractivity contribution is 5.92. The van der Waals surface area contributed by atoms with Crippen LogP contribution >= 0.6 is 0 Å². The van der Waals surface area contributed by atoms with Crippen LogP contribution in [0.5, 0.6) is 0 Å². The van der Waals surface area contributed by atoms with Crippen molar-refractivity contribution in [2.45, 2.75) is 46.1 Å². The normalized spacial score (nSPS) is 21.0. The molecular weight excluding hydrogens is 396 g/mol. The van der Waals surface area contributed by atoms with E-state index in [9.17, 15) is 9.59 Å². The number of nitrogens with zero attached hydrogens (tertiary/aromatic N) is 5. The van der Waals surface area contributed by atoms with E-state index in [1.807, 2.05) is 24.8 Å². The first-order chi connectivity index (χ1) is 14.8. The van der Waals surface area contributed by atoms with Crippen molar-refractivity contribution in [3.05, 3.63) is 36.2 Å². The zero-order valence-electron chi connectivity index (χ0n) is 18.4. The molecule has 2 saturated heterocycles. The van der Waals surface area contributed by atoms with Crippen molar-refractivity contribution in [3.8, 4) is 0 Å². The Morgan fingerprint density at radius 2 is 2.10 bits per heavy atom. The Labute approximate surface area is 182 Å². The standard InChI is InChI=1S/C22H30N6O3/c1-15(2)21(30)27-9-6-22(7-10-27)11-18(20-24-16(3)26-31-20)28(14-22)13-19(29)25-17-5-4-8-23-12-17/h4-5,8,12,15,18H,6-7,9-11,13-14H2,1-3H3,(H,25,29). The molecule has 0 saturated carbocycles. The Balaban J connectivity index is 1.47. The van der Waals surface area contributed by atoms with Gasteiger partial charge in [0.05, 0.1) is 24.5 Å². The van der Waals surface area contributed by atoms with Gasteiger partial charge < -0.3 is 14.7 Å². The zero-order chi connectivity index (χ0) is 22.0. The Bertz CT molecular complexity index is 920. The maximum atomic E-state index is 12.7. The third kappa shape index (κ3) is 4.76. The molecule has 2 aromatic rings. The molecule has 2 aliphatic heterocycles. The highest BCUT2D eigenvalue weighted by Crippen LogP contribution is 2.48. The van der Waals surface area contributed by atoms with Crippen LogP contribution < -0.4 is 5.32 Å². The maximum Gasteiger partial charge on any atom is 0.244 e. The molecule has 0 aromatic carbocycles. The summed E-state index contributed by atoms with van der Waals surface area (Å²) < 4.78 is 5.49. The van der Waals surface area contributed by atoms with Gasteiger partial charge in [-0.3, -0.25) is 19.5 Å². The summed E-state index contributed by atoms with van der Waals surface area (Å²) in [6.45, 7) is 8.19. The number of nitrogens with one attached hydrogen (secondary N) is 1. The first-order valence-electron chi connectivity index (χ1n) is 10.9. The SMILES string of the molecule is Cc1noc(C2CC3(CCN(C(=O)C(C)C)CC3)CN2CC(=O)Nc2cccnc2)n1. The molecule has 9 heteroatoms. The number of aromatic nitrogens is 3. The lowest BCUT2D eigenvalue weighted by molar-refractivity contribution is -0.136. The average Bonchev–Trinajstić information content (AvgIpc) is 3.32. The lowest BCUT2D eigenvalue weighted by atomic mass is 9.76. The van der Waals surface area contributed by atoms with Crippen molar-refractivity contribution < 1.29 is 14.1 Å². The highest BCUT2D eigenvalue weighted by atomic mass is 16.5. The van der Waals surface area contributed by atoms with E-state index < -0.39 is 0 Å². The summed E-state index contributed by atoms with van der Waals surface area (Å²) in [6.07, 6.45) is 5.97. The molecular formula is C22H30N6O3. The van der Waals surface area contributed by atoms with Gasteiger partial charge in [0.1, 0.15) is 0 Å². The summed E-state index contributed by atoms with van der Waals surface area (Å²) in [5.41, 5.74) is 0.710. The minimum atomic E-state index is -0.104. The summed E-state index contributed by atoms with van der Waals surface area (Å²) in [6, 6.07) is 3.50. The van der Waals surface area contributed by atoms with Crippen molar-refractivity contribution in [1.29, 1.82) is 0 Å². The molecule has 2 fully saturated rings.